The first-order valence-electron chi connectivity index (χ1n) is 9.12. The van der Waals surface area contributed by atoms with E-state index in [0.29, 0.717) is 17.3 Å². The van der Waals surface area contributed by atoms with E-state index >= 15 is 0 Å². The fraction of sp³-hybridized carbons (Fsp3) is 0.381. The van der Waals surface area contributed by atoms with Gasteiger partial charge >= 0.3 is 0 Å². The average Bonchev–Trinajstić information content (AvgIpc) is 3.17. The Morgan fingerprint density at radius 1 is 1.15 bits per heavy atom. The lowest BCUT2D eigenvalue weighted by molar-refractivity contribution is -0.127. The number of halogens is 1. The Kier molecular flexibility index (Phi) is 6.53. The van der Waals surface area contributed by atoms with Crippen molar-refractivity contribution in [3.05, 3.63) is 65.2 Å². The number of likely N-dealkylation sites (tertiary alicyclic amines) is 1. The zero-order chi connectivity index (χ0) is 18.4. The summed E-state index contributed by atoms with van der Waals surface area (Å²) in [4.78, 5) is 14.9. The molecule has 2 atom stereocenters. The lowest BCUT2D eigenvalue weighted by atomic mass is 10.1. The minimum absolute atomic E-state index is 0.120. The predicted octanol–water partition coefficient (Wildman–Crippen LogP) is 4.06. The second-order valence-electron chi connectivity index (χ2n) is 6.63. The summed E-state index contributed by atoms with van der Waals surface area (Å²) in [5.74, 6) is 0.476. The van der Waals surface area contributed by atoms with Crippen molar-refractivity contribution in [2.75, 3.05) is 19.6 Å². The number of ether oxygens (including phenoxy) is 1. The van der Waals surface area contributed by atoms with Gasteiger partial charge in [0.05, 0.1) is 6.04 Å². The molecule has 138 valence electrons. The number of hydrogen-bond acceptors (Lipinski definition) is 3. The normalized spacial score (nSPS) is 16.8. The molecule has 2 unspecified atom stereocenters. The van der Waals surface area contributed by atoms with Gasteiger partial charge in [0.1, 0.15) is 5.75 Å². The molecule has 0 aromatic heterocycles. The molecule has 1 saturated heterocycles. The van der Waals surface area contributed by atoms with Gasteiger partial charge in [-0.1, -0.05) is 48.0 Å². The Labute approximate surface area is 160 Å². The quantitative estimate of drug-likeness (QED) is 0.796. The highest BCUT2D eigenvalue weighted by molar-refractivity contribution is 6.30. The van der Waals surface area contributed by atoms with Crippen LogP contribution in [0.15, 0.2) is 54.6 Å². The molecule has 1 amide bonds. The van der Waals surface area contributed by atoms with E-state index in [1.807, 2.05) is 18.2 Å². The minimum Gasteiger partial charge on any atom is -0.481 e. The molecule has 0 aliphatic carbocycles. The van der Waals surface area contributed by atoms with Gasteiger partial charge in [-0.25, -0.2) is 0 Å². The van der Waals surface area contributed by atoms with Gasteiger partial charge < -0.3 is 10.1 Å². The van der Waals surface area contributed by atoms with Crippen LogP contribution in [0.2, 0.25) is 5.02 Å². The summed E-state index contributed by atoms with van der Waals surface area (Å²) in [7, 11) is 0. The molecule has 2 aromatic carbocycles. The van der Waals surface area contributed by atoms with Gasteiger partial charge in [-0.05, 0) is 56.6 Å². The van der Waals surface area contributed by atoms with Crippen molar-refractivity contribution >= 4 is 17.5 Å². The highest BCUT2D eigenvalue weighted by atomic mass is 35.5. The number of carbonyl (C=O) groups is 1. The molecule has 26 heavy (non-hydrogen) atoms. The van der Waals surface area contributed by atoms with Crippen molar-refractivity contribution in [1.82, 2.24) is 10.2 Å². The van der Waals surface area contributed by atoms with E-state index in [0.717, 1.165) is 13.1 Å². The maximum atomic E-state index is 12.5. The first-order chi connectivity index (χ1) is 12.6. The first-order valence-corrected chi connectivity index (χ1v) is 9.50. The fourth-order valence-corrected chi connectivity index (χ4v) is 3.51. The zero-order valence-corrected chi connectivity index (χ0v) is 15.8. The number of carbonyl (C=O) groups excluding carboxylic acids is 1. The topological polar surface area (TPSA) is 41.6 Å². The Morgan fingerprint density at radius 2 is 1.88 bits per heavy atom. The highest BCUT2D eigenvalue weighted by Gasteiger charge is 2.25. The third kappa shape index (κ3) is 4.99. The number of nitrogens with zero attached hydrogens (tertiary/aromatic N) is 1. The van der Waals surface area contributed by atoms with Crippen LogP contribution in [0.4, 0.5) is 0 Å². The van der Waals surface area contributed by atoms with E-state index in [4.69, 9.17) is 16.3 Å². The summed E-state index contributed by atoms with van der Waals surface area (Å²) in [6, 6.07) is 17.7. The van der Waals surface area contributed by atoms with Crippen molar-refractivity contribution in [1.29, 1.82) is 0 Å². The van der Waals surface area contributed by atoms with Crippen molar-refractivity contribution in [3.63, 3.8) is 0 Å². The number of nitrogens with one attached hydrogen (secondary N) is 1. The molecular formula is C21H25ClN2O2. The molecule has 5 heteroatoms. The third-order valence-corrected chi connectivity index (χ3v) is 4.95. The van der Waals surface area contributed by atoms with Gasteiger partial charge in [0.15, 0.2) is 6.10 Å². The second-order valence-corrected chi connectivity index (χ2v) is 7.07. The van der Waals surface area contributed by atoms with E-state index < -0.39 is 6.10 Å². The van der Waals surface area contributed by atoms with Crippen LogP contribution in [0.25, 0.3) is 0 Å². The van der Waals surface area contributed by atoms with Gasteiger partial charge in [0.2, 0.25) is 0 Å². The van der Waals surface area contributed by atoms with Crippen molar-refractivity contribution in [3.8, 4) is 5.75 Å². The molecule has 1 aliphatic heterocycles. The molecule has 0 radical (unpaired) electrons. The van der Waals surface area contributed by atoms with Gasteiger partial charge in [0.25, 0.3) is 5.91 Å². The molecular weight excluding hydrogens is 348 g/mol. The van der Waals surface area contributed by atoms with E-state index in [1.165, 1.54) is 18.4 Å². The zero-order valence-electron chi connectivity index (χ0n) is 15.0. The summed E-state index contributed by atoms with van der Waals surface area (Å²) in [5, 5.41) is 3.65. The summed E-state index contributed by atoms with van der Waals surface area (Å²) in [6.07, 6.45) is 1.85. The van der Waals surface area contributed by atoms with Crippen LogP contribution >= 0.6 is 11.6 Å². The number of benzene rings is 2. The van der Waals surface area contributed by atoms with Crippen molar-refractivity contribution in [2.24, 2.45) is 0 Å². The van der Waals surface area contributed by atoms with Crippen LogP contribution in [-0.2, 0) is 4.79 Å². The van der Waals surface area contributed by atoms with Crippen LogP contribution in [0.3, 0.4) is 0 Å². The van der Waals surface area contributed by atoms with Crippen LogP contribution < -0.4 is 10.1 Å². The van der Waals surface area contributed by atoms with Crippen LogP contribution in [0, 0.1) is 0 Å². The lowest BCUT2D eigenvalue weighted by Crippen LogP contribution is -2.42. The van der Waals surface area contributed by atoms with Crippen molar-refractivity contribution in [2.45, 2.75) is 31.9 Å². The minimum atomic E-state index is -0.580. The average molecular weight is 373 g/mol. The molecule has 1 aliphatic rings. The Balaban J connectivity index is 1.60. The van der Waals surface area contributed by atoms with E-state index in [9.17, 15) is 4.79 Å². The van der Waals surface area contributed by atoms with Crippen LogP contribution in [-0.4, -0.2) is 36.5 Å². The van der Waals surface area contributed by atoms with Crippen LogP contribution in [0.5, 0.6) is 5.75 Å². The standard InChI is InChI=1S/C21H25ClN2O2/c1-16(26-19-11-7-10-18(22)14-19)21(25)23-15-20(24-12-5-6-13-24)17-8-3-2-4-9-17/h2-4,7-11,14,16,20H,5-6,12-13,15H2,1H3,(H,23,25). The molecule has 2 aromatic rings. The molecule has 3 rings (SSSR count). The predicted molar refractivity (Wildman–Crippen MR) is 105 cm³/mol. The van der Waals surface area contributed by atoms with Crippen molar-refractivity contribution < 1.29 is 9.53 Å². The van der Waals surface area contributed by atoms with Gasteiger partial charge in [-0.15, -0.1) is 0 Å². The third-order valence-electron chi connectivity index (χ3n) is 4.71. The molecule has 4 nitrogen and oxygen atoms in total. The Hall–Kier alpha value is -2.04. The van der Waals surface area contributed by atoms with E-state index in [2.05, 4.69) is 22.3 Å². The van der Waals surface area contributed by atoms with Crippen LogP contribution in [0.1, 0.15) is 31.4 Å². The number of rotatable bonds is 7. The fourth-order valence-electron chi connectivity index (χ4n) is 3.33. The summed E-state index contributed by atoms with van der Waals surface area (Å²) < 4.78 is 5.71. The summed E-state index contributed by atoms with van der Waals surface area (Å²) in [6.45, 7) is 4.48. The van der Waals surface area contributed by atoms with Gasteiger partial charge in [-0.3, -0.25) is 9.69 Å². The summed E-state index contributed by atoms with van der Waals surface area (Å²) in [5.41, 5.74) is 1.23. The maximum absolute atomic E-state index is 12.5. The largest absolute Gasteiger partial charge is 0.481 e. The van der Waals surface area contributed by atoms with Gasteiger partial charge in [-0.2, -0.15) is 0 Å². The molecule has 1 fully saturated rings. The Bertz CT molecular complexity index is 717. The monoisotopic (exact) mass is 372 g/mol. The maximum Gasteiger partial charge on any atom is 0.260 e. The van der Waals surface area contributed by atoms with E-state index in [-0.39, 0.29) is 11.9 Å². The highest BCUT2D eigenvalue weighted by Crippen LogP contribution is 2.24. The SMILES string of the molecule is CC(Oc1cccc(Cl)c1)C(=O)NCC(c1ccccc1)N1CCCC1. The molecule has 0 spiro atoms. The first kappa shape index (κ1) is 18.7. The molecule has 0 bridgehead atoms. The van der Waals surface area contributed by atoms with Gasteiger partial charge in [0, 0.05) is 11.6 Å². The molecule has 0 saturated carbocycles. The lowest BCUT2D eigenvalue weighted by Gasteiger charge is -2.28. The summed E-state index contributed by atoms with van der Waals surface area (Å²) >= 11 is 5.97. The smallest absolute Gasteiger partial charge is 0.260 e. The second kappa shape index (κ2) is 9.06. The number of hydrogen-bond donors (Lipinski definition) is 1. The molecule has 1 N–H and O–H groups in total. The number of amides is 1. The Morgan fingerprint density at radius 3 is 2.58 bits per heavy atom. The molecule has 1 heterocycles. The van der Waals surface area contributed by atoms with E-state index in [1.54, 1.807) is 31.2 Å².